The van der Waals surface area contributed by atoms with Crippen LogP contribution in [-0.2, 0) is 11.2 Å². The molecule has 12 heavy (non-hydrogen) atoms. The minimum atomic E-state index is -0.840. The first kappa shape index (κ1) is 9.80. The van der Waals surface area contributed by atoms with Crippen molar-refractivity contribution in [3.8, 4) is 0 Å². The Balaban J connectivity index is 2.93. The number of rotatable bonds is 2. The lowest BCUT2D eigenvalue weighted by atomic mass is 10.2. The van der Waals surface area contributed by atoms with Crippen LogP contribution in [0.2, 0.25) is 5.02 Å². The molecule has 0 atom stereocenters. The minimum Gasteiger partial charge on any atom is -0.481 e. The van der Waals surface area contributed by atoms with Crippen molar-refractivity contribution >= 4 is 40.2 Å². The molecule has 0 saturated carbocycles. The Morgan fingerprint density at radius 3 is 2.67 bits per heavy atom. The molecular formula is C8H6ClIO2. The van der Waals surface area contributed by atoms with Gasteiger partial charge in [-0.2, -0.15) is 0 Å². The number of carboxylic acids is 1. The standard InChI is InChI=1S/C8H6ClIO2/c9-6-1-5(3-8(11)12)2-7(10)4-6/h1-2,4H,3H2,(H,11,12). The van der Waals surface area contributed by atoms with Gasteiger partial charge in [-0.15, -0.1) is 0 Å². The van der Waals surface area contributed by atoms with Crippen LogP contribution in [0.3, 0.4) is 0 Å². The summed E-state index contributed by atoms with van der Waals surface area (Å²) in [5, 5.41) is 9.08. The Hall–Kier alpha value is -0.290. The topological polar surface area (TPSA) is 37.3 Å². The lowest BCUT2D eigenvalue weighted by Crippen LogP contribution is -1.99. The van der Waals surface area contributed by atoms with E-state index < -0.39 is 5.97 Å². The van der Waals surface area contributed by atoms with E-state index in [9.17, 15) is 4.79 Å². The molecule has 0 aliphatic carbocycles. The van der Waals surface area contributed by atoms with Crippen molar-refractivity contribution in [1.29, 1.82) is 0 Å². The maximum Gasteiger partial charge on any atom is 0.307 e. The van der Waals surface area contributed by atoms with Gasteiger partial charge in [0.1, 0.15) is 0 Å². The Labute approximate surface area is 88.7 Å². The maximum atomic E-state index is 10.3. The van der Waals surface area contributed by atoms with Crippen molar-refractivity contribution in [3.63, 3.8) is 0 Å². The number of aliphatic carboxylic acids is 1. The number of hydrogen-bond donors (Lipinski definition) is 1. The first-order valence-electron chi connectivity index (χ1n) is 3.24. The van der Waals surface area contributed by atoms with E-state index >= 15 is 0 Å². The lowest BCUT2D eigenvalue weighted by molar-refractivity contribution is -0.136. The van der Waals surface area contributed by atoms with Crippen LogP contribution in [0.5, 0.6) is 0 Å². The van der Waals surface area contributed by atoms with Gasteiger partial charge < -0.3 is 5.11 Å². The molecule has 4 heteroatoms. The number of carbonyl (C=O) groups is 1. The molecular weight excluding hydrogens is 290 g/mol. The molecule has 0 fully saturated rings. The molecule has 1 rings (SSSR count). The van der Waals surface area contributed by atoms with Gasteiger partial charge in [-0.1, -0.05) is 11.6 Å². The zero-order valence-corrected chi connectivity index (χ0v) is 8.96. The quantitative estimate of drug-likeness (QED) is 0.852. The van der Waals surface area contributed by atoms with Crippen LogP contribution in [0, 0.1) is 3.57 Å². The van der Waals surface area contributed by atoms with Crippen LogP contribution in [0.4, 0.5) is 0 Å². The van der Waals surface area contributed by atoms with E-state index in [4.69, 9.17) is 16.7 Å². The first-order valence-corrected chi connectivity index (χ1v) is 4.70. The zero-order chi connectivity index (χ0) is 9.14. The van der Waals surface area contributed by atoms with Crippen LogP contribution in [0.1, 0.15) is 5.56 Å². The molecule has 0 amide bonds. The molecule has 1 aromatic rings. The van der Waals surface area contributed by atoms with E-state index in [1.807, 2.05) is 0 Å². The summed E-state index contributed by atoms with van der Waals surface area (Å²) in [5.41, 5.74) is 0.736. The number of halogens is 2. The van der Waals surface area contributed by atoms with Gasteiger partial charge in [-0.3, -0.25) is 4.79 Å². The molecule has 1 N–H and O–H groups in total. The highest BCUT2D eigenvalue weighted by atomic mass is 127. The second kappa shape index (κ2) is 4.09. The van der Waals surface area contributed by atoms with E-state index in [0.29, 0.717) is 5.02 Å². The largest absolute Gasteiger partial charge is 0.481 e. The molecule has 0 aromatic heterocycles. The van der Waals surface area contributed by atoms with Crippen LogP contribution in [0.15, 0.2) is 18.2 Å². The lowest BCUT2D eigenvalue weighted by Gasteiger charge is -1.98. The molecule has 0 heterocycles. The van der Waals surface area contributed by atoms with Gasteiger partial charge in [0, 0.05) is 8.59 Å². The average molecular weight is 296 g/mol. The summed E-state index contributed by atoms with van der Waals surface area (Å²) in [6.45, 7) is 0. The van der Waals surface area contributed by atoms with Crippen LogP contribution >= 0.6 is 34.2 Å². The van der Waals surface area contributed by atoms with E-state index in [1.165, 1.54) is 0 Å². The molecule has 0 radical (unpaired) electrons. The van der Waals surface area contributed by atoms with Crippen molar-refractivity contribution in [2.24, 2.45) is 0 Å². The third-order valence-electron chi connectivity index (χ3n) is 1.28. The summed E-state index contributed by atoms with van der Waals surface area (Å²) in [7, 11) is 0. The monoisotopic (exact) mass is 296 g/mol. The summed E-state index contributed by atoms with van der Waals surface area (Å²) in [6.07, 6.45) is 0.0244. The Morgan fingerprint density at radius 2 is 2.17 bits per heavy atom. The third-order valence-corrected chi connectivity index (χ3v) is 2.12. The smallest absolute Gasteiger partial charge is 0.307 e. The fourth-order valence-corrected chi connectivity index (χ4v) is 2.06. The fraction of sp³-hybridized carbons (Fsp3) is 0.125. The van der Waals surface area contributed by atoms with Gasteiger partial charge in [0.2, 0.25) is 0 Å². The molecule has 0 aliphatic rings. The van der Waals surface area contributed by atoms with Gasteiger partial charge in [0.25, 0.3) is 0 Å². The summed E-state index contributed by atoms with van der Waals surface area (Å²) < 4.78 is 0.955. The molecule has 0 unspecified atom stereocenters. The predicted octanol–water partition coefficient (Wildman–Crippen LogP) is 2.57. The first-order chi connectivity index (χ1) is 5.58. The molecule has 2 nitrogen and oxygen atoms in total. The molecule has 1 aromatic carbocycles. The van der Waals surface area contributed by atoms with Crippen molar-refractivity contribution in [3.05, 3.63) is 32.4 Å². The molecule has 64 valence electrons. The van der Waals surface area contributed by atoms with Gasteiger partial charge >= 0.3 is 5.97 Å². The normalized spacial score (nSPS) is 9.83. The Kier molecular flexibility index (Phi) is 3.34. The van der Waals surface area contributed by atoms with Crippen LogP contribution < -0.4 is 0 Å². The van der Waals surface area contributed by atoms with Crippen molar-refractivity contribution in [1.82, 2.24) is 0 Å². The van der Waals surface area contributed by atoms with Crippen LogP contribution in [-0.4, -0.2) is 11.1 Å². The summed E-state index contributed by atoms with van der Waals surface area (Å²) >= 11 is 7.84. The highest BCUT2D eigenvalue weighted by Crippen LogP contribution is 2.16. The van der Waals surface area contributed by atoms with Crippen molar-refractivity contribution < 1.29 is 9.90 Å². The fourth-order valence-electron chi connectivity index (χ4n) is 0.888. The van der Waals surface area contributed by atoms with Gasteiger partial charge in [0.15, 0.2) is 0 Å². The van der Waals surface area contributed by atoms with Crippen molar-refractivity contribution in [2.75, 3.05) is 0 Å². The zero-order valence-electron chi connectivity index (χ0n) is 6.05. The summed E-state index contributed by atoms with van der Waals surface area (Å²) in [6, 6.07) is 5.26. The van der Waals surface area contributed by atoms with Gasteiger partial charge in [-0.05, 0) is 46.4 Å². The predicted molar refractivity (Wildman–Crippen MR) is 55.5 cm³/mol. The van der Waals surface area contributed by atoms with E-state index in [1.54, 1.807) is 18.2 Å². The Bertz CT molecular complexity index is 292. The maximum absolute atomic E-state index is 10.3. The highest BCUT2D eigenvalue weighted by molar-refractivity contribution is 14.1. The molecule has 0 spiro atoms. The van der Waals surface area contributed by atoms with Gasteiger partial charge in [0.05, 0.1) is 6.42 Å². The molecule has 0 bridgehead atoms. The van der Waals surface area contributed by atoms with E-state index in [-0.39, 0.29) is 6.42 Å². The van der Waals surface area contributed by atoms with Crippen molar-refractivity contribution in [2.45, 2.75) is 6.42 Å². The summed E-state index contributed by atoms with van der Waals surface area (Å²) in [5.74, 6) is -0.840. The second-order valence-electron chi connectivity index (χ2n) is 2.35. The Morgan fingerprint density at radius 1 is 1.50 bits per heavy atom. The van der Waals surface area contributed by atoms with E-state index in [2.05, 4.69) is 22.6 Å². The average Bonchev–Trinajstić information content (AvgIpc) is 1.81. The highest BCUT2D eigenvalue weighted by Gasteiger charge is 2.02. The van der Waals surface area contributed by atoms with Crippen LogP contribution in [0.25, 0.3) is 0 Å². The number of benzene rings is 1. The minimum absolute atomic E-state index is 0.0244. The SMILES string of the molecule is O=C(O)Cc1cc(Cl)cc(I)c1. The number of carboxylic acid groups (broad SMARTS) is 1. The summed E-state index contributed by atoms with van der Waals surface area (Å²) in [4.78, 5) is 10.3. The van der Waals surface area contributed by atoms with E-state index in [0.717, 1.165) is 9.13 Å². The second-order valence-corrected chi connectivity index (χ2v) is 4.03. The third kappa shape index (κ3) is 2.98. The van der Waals surface area contributed by atoms with Gasteiger partial charge in [-0.25, -0.2) is 0 Å². The molecule has 0 aliphatic heterocycles. The molecule has 0 saturated heterocycles. The number of hydrogen-bond acceptors (Lipinski definition) is 1.